The maximum Gasteiger partial charge on any atom is 0.407 e. The number of esters is 1. The Bertz CT molecular complexity index is 330. The molecular weight excluding hydrogens is 274 g/mol. The summed E-state index contributed by atoms with van der Waals surface area (Å²) in [6.07, 6.45) is 4.40. The van der Waals surface area contributed by atoms with E-state index in [0.29, 0.717) is 19.1 Å². The zero-order valence-electron chi connectivity index (χ0n) is 12.6. The molecule has 0 saturated carbocycles. The zero-order valence-corrected chi connectivity index (χ0v) is 12.6. The molecule has 0 heterocycles. The van der Waals surface area contributed by atoms with Crippen LogP contribution in [0.1, 0.15) is 19.8 Å². The van der Waals surface area contributed by atoms with E-state index in [4.69, 9.17) is 9.47 Å². The van der Waals surface area contributed by atoms with E-state index in [9.17, 15) is 9.59 Å². The lowest BCUT2D eigenvalue weighted by Gasteiger charge is -2.08. The molecule has 0 spiro atoms. The van der Waals surface area contributed by atoms with Gasteiger partial charge in [0.25, 0.3) is 0 Å². The van der Waals surface area contributed by atoms with E-state index < -0.39 is 12.1 Å². The van der Waals surface area contributed by atoms with Crippen molar-refractivity contribution in [3.8, 4) is 0 Å². The fraction of sp³-hybridized carbons (Fsp3) is 0.600. The third-order valence-electron chi connectivity index (χ3n) is 2.59. The van der Waals surface area contributed by atoms with Crippen LogP contribution in [0.5, 0.6) is 0 Å². The maximum atomic E-state index is 11.2. The van der Waals surface area contributed by atoms with Gasteiger partial charge in [0.15, 0.2) is 0 Å². The molecule has 6 nitrogen and oxygen atoms in total. The average Bonchev–Trinajstić information content (AvgIpc) is 2.49. The van der Waals surface area contributed by atoms with Gasteiger partial charge >= 0.3 is 12.1 Å². The summed E-state index contributed by atoms with van der Waals surface area (Å²) < 4.78 is 14.9. The van der Waals surface area contributed by atoms with Gasteiger partial charge in [-0.1, -0.05) is 19.6 Å². The lowest BCUT2D eigenvalue weighted by molar-refractivity contribution is -0.137. The second kappa shape index (κ2) is 13.2. The standard InChI is InChI=1S/C15H25NO5/c1-4-13(3)7-6-9-19-11-12-21-15(18)16-8-10-20-14(17)5-2/h4-5,13H,1-2,6-12H2,3H3,(H,16,18). The Kier molecular flexibility index (Phi) is 12.0. The number of hydrogen-bond acceptors (Lipinski definition) is 5. The molecule has 0 bridgehead atoms. The molecule has 0 aromatic heterocycles. The number of hydrogen-bond donors (Lipinski definition) is 1. The normalized spacial score (nSPS) is 11.3. The van der Waals surface area contributed by atoms with Crippen molar-refractivity contribution >= 4 is 12.1 Å². The van der Waals surface area contributed by atoms with E-state index >= 15 is 0 Å². The maximum absolute atomic E-state index is 11.2. The Hall–Kier alpha value is -1.82. The topological polar surface area (TPSA) is 73.9 Å². The van der Waals surface area contributed by atoms with Gasteiger partial charge in [0, 0.05) is 12.7 Å². The summed E-state index contributed by atoms with van der Waals surface area (Å²) in [4.78, 5) is 21.9. The average molecular weight is 299 g/mol. The third kappa shape index (κ3) is 12.9. The minimum absolute atomic E-state index is 0.0813. The van der Waals surface area contributed by atoms with Crippen molar-refractivity contribution in [2.45, 2.75) is 19.8 Å². The van der Waals surface area contributed by atoms with Gasteiger partial charge in [-0.3, -0.25) is 0 Å². The molecule has 0 rings (SSSR count). The van der Waals surface area contributed by atoms with Crippen molar-refractivity contribution in [3.63, 3.8) is 0 Å². The molecule has 0 aliphatic rings. The van der Waals surface area contributed by atoms with Crippen molar-refractivity contribution in [2.24, 2.45) is 5.92 Å². The molecular formula is C15H25NO5. The highest BCUT2D eigenvalue weighted by Crippen LogP contribution is 2.05. The molecule has 0 saturated heterocycles. The van der Waals surface area contributed by atoms with Crippen molar-refractivity contribution in [1.29, 1.82) is 0 Å². The molecule has 0 aromatic rings. The molecule has 1 N–H and O–H groups in total. The second-order valence-electron chi connectivity index (χ2n) is 4.40. The fourth-order valence-corrected chi connectivity index (χ4v) is 1.34. The van der Waals surface area contributed by atoms with Crippen LogP contribution in [0.25, 0.3) is 0 Å². The fourth-order valence-electron chi connectivity index (χ4n) is 1.34. The predicted molar refractivity (Wildman–Crippen MR) is 79.9 cm³/mol. The first-order valence-electron chi connectivity index (χ1n) is 7.00. The highest BCUT2D eigenvalue weighted by Gasteiger charge is 2.02. The van der Waals surface area contributed by atoms with Crippen molar-refractivity contribution in [1.82, 2.24) is 5.32 Å². The van der Waals surface area contributed by atoms with Crippen LogP contribution in [0.3, 0.4) is 0 Å². The lowest BCUT2D eigenvalue weighted by atomic mass is 10.1. The number of carbonyl (C=O) groups is 2. The van der Waals surface area contributed by atoms with Crippen LogP contribution in [-0.4, -0.2) is 45.0 Å². The van der Waals surface area contributed by atoms with Gasteiger partial charge in [-0.05, 0) is 18.8 Å². The molecule has 1 atom stereocenters. The largest absolute Gasteiger partial charge is 0.461 e. The summed E-state index contributed by atoms with van der Waals surface area (Å²) in [5.74, 6) is -0.0323. The minimum Gasteiger partial charge on any atom is -0.461 e. The number of amides is 1. The molecule has 1 unspecified atom stereocenters. The summed E-state index contributed by atoms with van der Waals surface area (Å²) in [7, 11) is 0. The van der Waals surface area contributed by atoms with E-state index in [2.05, 4.69) is 30.1 Å². The number of ether oxygens (including phenoxy) is 3. The smallest absolute Gasteiger partial charge is 0.407 e. The van der Waals surface area contributed by atoms with Gasteiger partial charge in [0.05, 0.1) is 13.2 Å². The summed E-state index contributed by atoms with van der Waals surface area (Å²) in [5.41, 5.74) is 0. The van der Waals surface area contributed by atoms with Crippen LogP contribution in [0, 0.1) is 5.92 Å². The molecule has 21 heavy (non-hydrogen) atoms. The Morgan fingerprint density at radius 3 is 2.57 bits per heavy atom. The van der Waals surface area contributed by atoms with Gasteiger partial charge in [0.1, 0.15) is 13.2 Å². The van der Waals surface area contributed by atoms with E-state index in [1.807, 2.05) is 6.08 Å². The van der Waals surface area contributed by atoms with Crippen molar-refractivity contribution < 1.29 is 23.8 Å². The van der Waals surface area contributed by atoms with E-state index in [-0.39, 0.29) is 19.8 Å². The molecule has 0 radical (unpaired) electrons. The molecule has 1 amide bonds. The second-order valence-corrected chi connectivity index (χ2v) is 4.40. The number of alkyl carbamates (subject to hydrolysis) is 1. The number of rotatable bonds is 12. The lowest BCUT2D eigenvalue weighted by Crippen LogP contribution is -2.29. The molecule has 0 aliphatic carbocycles. The minimum atomic E-state index is -0.562. The Morgan fingerprint density at radius 1 is 1.14 bits per heavy atom. The summed E-state index contributed by atoms with van der Waals surface area (Å²) >= 11 is 0. The Morgan fingerprint density at radius 2 is 1.90 bits per heavy atom. The summed E-state index contributed by atoms with van der Waals surface area (Å²) in [6, 6.07) is 0. The molecule has 0 aromatic carbocycles. The first kappa shape index (κ1) is 19.2. The highest BCUT2D eigenvalue weighted by atomic mass is 16.6. The van der Waals surface area contributed by atoms with Crippen LogP contribution in [0.2, 0.25) is 0 Å². The van der Waals surface area contributed by atoms with Crippen LogP contribution in [0.15, 0.2) is 25.3 Å². The molecule has 120 valence electrons. The molecule has 0 aliphatic heterocycles. The Labute approximate surface area is 126 Å². The van der Waals surface area contributed by atoms with Crippen molar-refractivity contribution in [2.75, 3.05) is 33.0 Å². The summed E-state index contributed by atoms with van der Waals surface area (Å²) in [6.45, 7) is 10.5. The number of carbonyl (C=O) groups excluding carboxylic acids is 2. The van der Waals surface area contributed by atoms with Crippen LogP contribution >= 0.6 is 0 Å². The van der Waals surface area contributed by atoms with Gasteiger partial charge in [0.2, 0.25) is 0 Å². The molecule has 6 heteroatoms. The Balaban J connectivity index is 3.32. The SMILES string of the molecule is C=CC(=O)OCCNC(=O)OCCOCCCC(C)C=C. The third-order valence-corrected chi connectivity index (χ3v) is 2.59. The molecule has 0 fully saturated rings. The number of allylic oxidation sites excluding steroid dienone is 1. The quantitative estimate of drug-likeness (QED) is 0.258. The van der Waals surface area contributed by atoms with Crippen LogP contribution in [0.4, 0.5) is 4.79 Å². The zero-order chi connectivity index (χ0) is 15.9. The number of nitrogens with one attached hydrogen (secondary N) is 1. The first-order chi connectivity index (χ1) is 10.1. The summed E-state index contributed by atoms with van der Waals surface area (Å²) in [5, 5.41) is 2.45. The first-order valence-corrected chi connectivity index (χ1v) is 7.00. The van der Waals surface area contributed by atoms with Gasteiger partial charge in [-0.2, -0.15) is 0 Å². The predicted octanol–water partition coefficient (Wildman–Crippen LogP) is 2.06. The van der Waals surface area contributed by atoms with Gasteiger partial charge in [-0.25, -0.2) is 9.59 Å². The monoisotopic (exact) mass is 299 g/mol. The van der Waals surface area contributed by atoms with Crippen molar-refractivity contribution in [3.05, 3.63) is 25.3 Å². The highest BCUT2D eigenvalue weighted by molar-refractivity contribution is 5.81. The van der Waals surface area contributed by atoms with E-state index in [0.717, 1.165) is 18.9 Å². The van der Waals surface area contributed by atoms with Crippen LogP contribution < -0.4 is 5.32 Å². The van der Waals surface area contributed by atoms with Gasteiger partial charge < -0.3 is 19.5 Å². The van der Waals surface area contributed by atoms with Gasteiger partial charge in [-0.15, -0.1) is 6.58 Å². The van der Waals surface area contributed by atoms with Crippen LogP contribution in [-0.2, 0) is 19.0 Å². The van der Waals surface area contributed by atoms with E-state index in [1.54, 1.807) is 0 Å². The van der Waals surface area contributed by atoms with E-state index in [1.165, 1.54) is 0 Å².